The van der Waals surface area contributed by atoms with Crippen molar-refractivity contribution >= 4 is 11.4 Å². The second-order valence-electron chi connectivity index (χ2n) is 3.14. The van der Waals surface area contributed by atoms with Crippen LogP contribution in [0.1, 0.15) is 18.1 Å². The number of aliphatic hydroxyl groups excluding tert-OH is 1. The Bertz CT molecular complexity index is 409. The van der Waals surface area contributed by atoms with Crippen LogP contribution in [-0.2, 0) is 13.0 Å². The topological polar surface area (TPSA) is 107 Å². The molecular weight excluding hydrogens is 216 g/mol. The molecule has 0 spiro atoms. The molecular formula is C9H10N2O5. The molecule has 0 saturated heterocycles. The SMILES string of the molecule is CCc1c([N+](=O)[O-])cc(CO)cc1[N+](=O)[O-]. The first-order valence-corrected chi connectivity index (χ1v) is 4.56. The number of nitro benzene ring substituents is 2. The van der Waals surface area contributed by atoms with E-state index in [1.54, 1.807) is 6.92 Å². The van der Waals surface area contributed by atoms with E-state index in [0.717, 1.165) is 12.1 Å². The third-order valence-corrected chi connectivity index (χ3v) is 2.19. The molecule has 1 aromatic rings. The first-order valence-electron chi connectivity index (χ1n) is 4.56. The molecule has 0 aliphatic rings. The van der Waals surface area contributed by atoms with E-state index in [-0.39, 0.29) is 28.9 Å². The molecule has 0 bridgehead atoms. The standard InChI is InChI=1S/C9H10N2O5/c1-2-7-8(10(13)14)3-6(5-12)4-9(7)11(15)16/h3-4,12H,2,5H2,1H3. The monoisotopic (exact) mass is 226 g/mol. The predicted molar refractivity (Wildman–Crippen MR) is 55.1 cm³/mol. The maximum atomic E-state index is 10.7. The third-order valence-electron chi connectivity index (χ3n) is 2.19. The fourth-order valence-electron chi connectivity index (χ4n) is 1.48. The molecule has 0 aromatic heterocycles. The lowest BCUT2D eigenvalue weighted by molar-refractivity contribution is -0.395. The van der Waals surface area contributed by atoms with Crippen molar-refractivity contribution in [3.63, 3.8) is 0 Å². The highest BCUT2D eigenvalue weighted by Crippen LogP contribution is 2.30. The molecule has 0 heterocycles. The van der Waals surface area contributed by atoms with Gasteiger partial charge in [-0.25, -0.2) is 0 Å². The molecule has 16 heavy (non-hydrogen) atoms. The van der Waals surface area contributed by atoms with Crippen LogP contribution in [0.4, 0.5) is 11.4 Å². The lowest BCUT2D eigenvalue weighted by Gasteiger charge is -2.03. The van der Waals surface area contributed by atoms with Crippen molar-refractivity contribution in [1.29, 1.82) is 0 Å². The van der Waals surface area contributed by atoms with Crippen LogP contribution in [0.5, 0.6) is 0 Å². The molecule has 0 radical (unpaired) electrons. The Kier molecular flexibility index (Phi) is 3.51. The van der Waals surface area contributed by atoms with Crippen LogP contribution >= 0.6 is 0 Å². The normalized spacial score (nSPS) is 10.1. The van der Waals surface area contributed by atoms with Gasteiger partial charge in [0.25, 0.3) is 11.4 Å². The first-order chi connectivity index (χ1) is 7.51. The molecule has 0 fully saturated rings. The number of hydrogen-bond donors (Lipinski definition) is 1. The number of nitro groups is 2. The molecule has 0 aliphatic carbocycles. The van der Waals surface area contributed by atoms with Crippen molar-refractivity contribution in [2.24, 2.45) is 0 Å². The van der Waals surface area contributed by atoms with Gasteiger partial charge in [-0.3, -0.25) is 20.2 Å². The van der Waals surface area contributed by atoms with E-state index >= 15 is 0 Å². The minimum atomic E-state index is -0.676. The lowest BCUT2D eigenvalue weighted by Crippen LogP contribution is -2.02. The fourth-order valence-corrected chi connectivity index (χ4v) is 1.48. The summed E-state index contributed by atoms with van der Waals surface area (Å²) < 4.78 is 0. The van der Waals surface area contributed by atoms with E-state index in [0.29, 0.717) is 0 Å². The highest BCUT2D eigenvalue weighted by atomic mass is 16.6. The largest absolute Gasteiger partial charge is 0.392 e. The molecule has 0 unspecified atom stereocenters. The average molecular weight is 226 g/mol. The Hall–Kier alpha value is -2.02. The second-order valence-corrected chi connectivity index (χ2v) is 3.14. The van der Waals surface area contributed by atoms with Crippen LogP contribution in [0.25, 0.3) is 0 Å². The predicted octanol–water partition coefficient (Wildman–Crippen LogP) is 1.56. The van der Waals surface area contributed by atoms with Crippen LogP contribution in [0.15, 0.2) is 12.1 Å². The summed E-state index contributed by atoms with van der Waals surface area (Å²) in [4.78, 5) is 20.1. The average Bonchev–Trinajstić information content (AvgIpc) is 2.26. The molecule has 1 N–H and O–H groups in total. The molecule has 7 heteroatoms. The summed E-state index contributed by atoms with van der Waals surface area (Å²) in [5.41, 5.74) is -0.399. The smallest absolute Gasteiger partial charge is 0.279 e. The zero-order valence-corrected chi connectivity index (χ0v) is 8.54. The molecule has 0 aliphatic heterocycles. The summed E-state index contributed by atoms with van der Waals surface area (Å²) in [5.74, 6) is 0. The summed E-state index contributed by atoms with van der Waals surface area (Å²) in [6, 6.07) is 2.32. The van der Waals surface area contributed by atoms with Gasteiger partial charge in [-0.2, -0.15) is 0 Å². The number of benzene rings is 1. The number of aliphatic hydroxyl groups is 1. The van der Waals surface area contributed by atoms with E-state index in [1.807, 2.05) is 0 Å². The molecule has 1 rings (SSSR count). The van der Waals surface area contributed by atoms with Crippen molar-refractivity contribution < 1.29 is 15.0 Å². The Morgan fingerprint density at radius 3 is 1.88 bits per heavy atom. The van der Waals surface area contributed by atoms with Crippen LogP contribution in [-0.4, -0.2) is 15.0 Å². The lowest BCUT2D eigenvalue weighted by atomic mass is 10.0. The molecule has 86 valence electrons. The van der Waals surface area contributed by atoms with Gasteiger partial charge in [-0.05, 0) is 12.0 Å². The summed E-state index contributed by atoms with van der Waals surface area (Å²) in [7, 11) is 0. The summed E-state index contributed by atoms with van der Waals surface area (Å²) >= 11 is 0. The van der Waals surface area contributed by atoms with E-state index in [9.17, 15) is 20.2 Å². The van der Waals surface area contributed by atoms with Gasteiger partial charge in [0, 0.05) is 12.1 Å². The van der Waals surface area contributed by atoms with E-state index in [4.69, 9.17) is 5.11 Å². The Morgan fingerprint density at radius 1 is 1.19 bits per heavy atom. The minimum Gasteiger partial charge on any atom is -0.392 e. The highest BCUT2D eigenvalue weighted by molar-refractivity contribution is 5.56. The Labute approximate surface area is 90.6 Å². The maximum absolute atomic E-state index is 10.7. The van der Waals surface area contributed by atoms with Gasteiger partial charge < -0.3 is 5.11 Å². The van der Waals surface area contributed by atoms with Crippen LogP contribution < -0.4 is 0 Å². The molecule has 0 atom stereocenters. The fraction of sp³-hybridized carbons (Fsp3) is 0.333. The number of hydrogen-bond acceptors (Lipinski definition) is 5. The van der Waals surface area contributed by atoms with Gasteiger partial charge in [0.2, 0.25) is 0 Å². The zero-order valence-electron chi connectivity index (χ0n) is 8.54. The van der Waals surface area contributed by atoms with Crippen LogP contribution in [0.2, 0.25) is 0 Å². The second kappa shape index (κ2) is 4.67. The van der Waals surface area contributed by atoms with Crippen molar-refractivity contribution in [3.8, 4) is 0 Å². The van der Waals surface area contributed by atoms with Crippen LogP contribution in [0.3, 0.4) is 0 Å². The Balaban J connectivity index is 3.52. The molecule has 0 saturated carbocycles. The molecule has 1 aromatic carbocycles. The molecule has 7 nitrogen and oxygen atoms in total. The van der Waals surface area contributed by atoms with Gasteiger partial charge in [0.15, 0.2) is 0 Å². The third kappa shape index (κ3) is 2.14. The van der Waals surface area contributed by atoms with Gasteiger partial charge in [-0.1, -0.05) is 6.92 Å². The van der Waals surface area contributed by atoms with Crippen molar-refractivity contribution in [2.75, 3.05) is 0 Å². The first kappa shape index (κ1) is 12.1. The summed E-state index contributed by atoms with van der Waals surface area (Å²) in [5, 5.41) is 30.3. The van der Waals surface area contributed by atoms with E-state index in [2.05, 4.69) is 0 Å². The van der Waals surface area contributed by atoms with Crippen molar-refractivity contribution in [1.82, 2.24) is 0 Å². The van der Waals surface area contributed by atoms with Gasteiger partial charge in [0.1, 0.15) is 5.56 Å². The van der Waals surface area contributed by atoms with Gasteiger partial charge in [-0.15, -0.1) is 0 Å². The highest BCUT2D eigenvalue weighted by Gasteiger charge is 2.24. The molecule has 0 amide bonds. The van der Waals surface area contributed by atoms with E-state index in [1.165, 1.54) is 0 Å². The van der Waals surface area contributed by atoms with Gasteiger partial charge in [0.05, 0.1) is 16.5 Å². The maximum Gasteiger partial charge on any atom is 0.279 e. The van der Waals surface area contributed by atoms with Crippen molar-refractivity contribution in [3.05, 3.63) is 43.5 Å². The summed E-state index contributed by atoms with van der Waals surface area (Å²) in [6.07, 6.45) is 0.193. The van der Waals surface area contributed by atoms with E-state index < -0.39 is 16.5 Å². The Morgan fingerprint density at radius 2 is 1.62 bits per heavy atom. The minimum absolute atomic E-state index is 0.0761. The van der Waals surface area contributed by atoms with Crippen LogP contribution in [0, 0.1) is 20.2 Å². The van der Waals surface area contributed by atoms with Gasteiger partial charge >= 0.3 is 0 Å². The number of nitrogens with zero attached hydrogens (tertiary/aromatic N) is 2. The van der Waals surface area contributed by atoms with Crippen molar-refractivity contribution in [2.45, 2.75) is 20.0 Å². The quantitative estimate of drug-likeness (QED) is 0.619. The zero-order chi connectivity index (χ0) is 12.3. The summed E-state index contributed by atoms with van der Waals surface area (Å²) in [6.45, 7) is 1.14. The number of rotatable bonds is 4.